The highest BCUT2D eigenvalue weighted by Crippen LogP contribution is 2.26. The molecule has 12 heteroatoms. The topological polar surface area (TPSA) is 122 Å². The van der Waals surface area contributed by atoms with Crippen LogP contribution in [-0.2, 0) is 31.4 Å². The summed E-state index contributed by atoms with van der Waals surface area (Å²) in [6, 6.07) is 17.4. The molecule has 3 rings (SSSR count). The smallest absolute Gasteiger partial charge is 0.262 e. The number of carbonyl (C=O) groups is 1. The number of halogens is 1. The number of benzene rings is 3. The molecule has 3 aromatic rings. The molecule has 0 spiro atoms. The van der Waals surface area contributed by atoms with E-state index in [2.05, 4.69) is 10.0 Å². The summed E-state index contributed by atoms with van der Waals surface area (Å²) >= 11 is 6.06. The number of sulfonamides is 2. The van der Waals surface area contributed by atoms with Gasteiger partial charge >= 0.3 is 0 Å². The Bertz CT molecular complexity index is 1440. The van der Waals surface area contributed by atoms with Crippen LogP contribution in [-0.4, -0.2) is 47.0 Å². The zero-order valence-electron chi connectivity index (χ0n) is 19.9. The number of carbonyl (C=O) groups excluding carboxylic acids is 1. The van der Waals surface area contributed by atoms with Gasteiger partial charge in [0.05, 0.1) is 16.8 Å². The molecule has 36 heavy (non-hydrogen) atoms. The highest BCUT2D eigenvalue weighted by atomic mass is 35.5. The van der Waals surface area contributed by atoms with Crippen molar-refractivity contribution in [3.05, 3.63) is 82.9 Å². The monoisotopic (exact) mass is 551 g/mol. The molecular weight excluding hydrogens is 526 g/mol. The van der Waals surface area contributed by atoms with Crippen LogP contribution in [0.15, 0.2) is 71.6 Å². The summed E-state index contributed by atoms with van der Waals surface area (Å²) in [7, 11) is -5.64. The lowest BCUT2D eigenvalue weighted by molar-refractivity contribution is -0.118. The number of ether oxygens (including phenoxy) is 1. The van der Waals surface area contributed by atoms with Gasteiger partial charge in [-0.2, -0.15) is 0 Å². The van der Waals surface area contributed by atoms with Crippen LogP contribution in [0.4, 0.5) is 11.4 Å². The Labute approximate surface area is 216 Å². The van der Waals surface area contributed by atoms with Gasteiger partial charge in [-0.05, 0) is 66.6 Å². The van der Waals surface area contributed by atoms with Crippen molar-refractivity contribution >= 4 is 48.9 Å². The van der Waals surface area contributed by atoms with Gasteiger partial charge < -0.3 is 10.1 Å². The quantitative estimate of drug-likeness (QED) is 0.394. The predicted molar refractivity (Wildman–Crippen MR) is 140 cm³/mol. The molecule has 0 fully saturated rings. The minimum Gasteiger partial charge on any atom is -0.484 e. The summed E-state index contributed by atoms with van der Waals surface area (Å²) in [6.07, 6.45) is 1.13. The summed E-state index contributed by atoms with van der Waals surface area (Å²) < 4.78 is 57.6. The van der Waals surface area contributed by atoms with Crippen molar-refractivity contribution in [2.45, 2.75) is 18.4 Å². The van der Waals surface area contributed by atoms with E-state index in [4.69, 9.17) is 16.3 Å². The predicted octanol–water partition coefficient (Wildman–Crippen LogP) is 3.86. The van der Waals surface area contributed by atoms with Gasteiger partial charge in [-0.25, -0.2) is 21.1 Å². The van der Waals surface area contributed by atoms with E-state index < -0.39 is 26.0 Å². The molecule has 1 amide bonds. The summed E-state index contributed by atoms with van der Waals surface area (Å²) in [5.74, 6) is 0.0129. The fourth-order valence-corrected chi connectivity index (χ4v) is 4.73. The average Bonchev–Trinajstić information content (AvgIpc) is 2.81. The molecule has 0 radical (unpaired) electrons. The average molecular weight is 552 g/mol. The summed E-state index contributed by atoms with van der Waals surface area (Å²) in [5.41, 5.74) is 2.17. The maximum absolute atomic E-state index is 12.7. The first-order valence-electron chi connectivity index (χ1n) is 10.7. The van der Waals surface area contributed by atoms with Gasteiger partial charge in [0.15, 0.2) is 6.61 Å². The molecule has 0 saturated carbocycles. The number of nitrogens with one attached hydrogen (secondary N) is 2. The van der Waals surface area contributed by atoms with Crippen LogP contribution >= 0.6 is 11.6 Å². The molecule has 0 aromatic heterocycles. The minimum absolute atomic E-state index is 0.0257. The Morgan fingerprint density at radius 2 is 1.61 bits per heavy atom. The molecule has 0 aliphatic heterocycles. The van der Waals surface area contributed by atoms with E-state index in [1.54, 1.807) is 49.4 Å². The lowest BCUT2D eigenvalue weighted by Crippen LogP contribution is -2.24. The molecule has 9 nitrogen and oxygen atoms in total. The number of amides is 1. The first-order valence-corrected chi connectivity index (χ1v) is 14.4. The fraction of sp³-hybridized carbons (Fsp3) is 0.208. The fourth-order valence-electron chi connectivity index (χ4n) is 3.05. The molecule has 3 aromatic carbocycles. The second-order valence-electron chi connectivity index (χ2n) is 8.04. The van der Waals surface area contributed by atoms with Crippen LogP contribution in [0.5, 0.6) is 5.75 Å². The van der Waals surface area contributed by atoms with Crippen molar-refractivity contribution < 1.29 is 26.4 Å². The second kappa shape index (κ2) is 11.3. The first kappa shape index (κ1) is 27.5. The van der Waals surface area contributed by atoms with E-state index in [1.807, 2.05) is 0 Å². The molecule has 0 saturated heterocycles. The first-order chi connectivity index (χ1) is 16.8. The maximum Gasteiger partial charge on any atom is 0.262 e. The van der Waals surface area contributed by atoms with Crippen LogP contribution in [0, 0.1) is 6.92 Å². The molecule has 0 bridgehead atoms. The van der Waals surface area contributed by atoms with Gasteiger partial charge in [-0.1, -0.05) is 29.8 Å². The third-order valence-corrected chi connectivity index (χ3v) is 8.28. The number of nitrogens with zero attached hydrogens (tertiary/aromatic N) is 1. The number of hydrogen-bond donors (Lipinski definition) is 2. The van der Waals surface area contributed by atoms with E-state index in [9.17, 15) is 21.6 Å². The van der Waals surface area contributed by atoms with E-state index in [0.29, 0.717) is 27.7 Å². The normalized spacial score (nSPS) is 11.8. The zero-order chi connectivity index (χ0) is 26.5. The van der Waals surface area contributed by atoms with Gasteiger partial charge in [-0.3, -0.25) is 9.52 Å². The van der Waals surface area contributed by atoms with Gasteiger partial charge in [0.25, 0.3) is 15.9 Å². The summed E-state index contributed by atoms with van der Waals surface area (Å²) in [5, 5.41) is 3.09. The molecule has 192 valence electrons. The van der Waals surface area contributed by atoms with Crippen LogP contribution < -0.4 is 14.8 Å². The minimum atomic E-state index is -3.85. The zero-order valence-corrected chi connectivity index (χ0v) is 22.2. The largest absolute Gasteiger partial charge is 0.484 e. The number of rotatable bonds is 10. The molecule has 0 aliphatic rings. The van der Waals surface area contributed by atoms with Crippen molar-refractivity contribution in [3.8, 4) is 5.75 Å². The Kier molecular flexibility index (Phi) is 8.62. The van der Waals surface area contributed by atoms with E-state index in [-0.39, 0.29) is 18.0 Å². The molecule has 0 aliphatic carbocycles. The van der Waals surface area contributed by atoms with Crippen molar-refractivity contribution in [3.63, 3.8) is 0 Å². The number of hydrogen-bond acceptors (Lipinski definition) is 6. The van der Waals surface area contributed by atoms with Crippen LogP contribution in [0.2, 0.25) is 5.02 Å². The van der Waals surface area contributed by atoms with Crippen LogP contribution in [0.1, 0.15) is 11.1 Å². The lowest BCUT2D eigenvalue weighted by Gasteiger charge is -2.14. The number of anilines is 2. The third-order valence-electron chi connectivity index (χ3n) is 5.23. The van der Waals surface area contributed by atoms with E-state index >= 15 is 0 Å². The van der Waals surface area contributed by atoms with Gasteiger partial charge in [0.1, 0.15) is 5.75 Å². The van der Waals surface area contributed by atoms with Crippen molar-refractivity contribution in [1.82, 2.24) is 4.31 Å². The molecular formula is C24H26ClN3O6S2. The van der Waals surface area contributed by atoms with Crippen molar-refractivity contribution in [2.24, 2.45) is 0 Å². The molecule has 0 heterocycles. The Morgan fingerprint density at radius 3 is 2.22 bits per heavy atom. The lowest BCUT2D eigenvalue weighted by atomic mass is 10.2. The van der Waals surface area contributed by atoms with E-state index in [0.717, 1.165) is 11.8 Å². The Balaban J connectivity index is 1.54. The Morgan fingerprint density at radius 1 is 0.972 bits per heavy atom. The molecule has 0 unspecified atom stereocenters. The highest BCUT2D eigenvalue weighted by Gasteiger charge is 2.16. The SMILES string of the molecule is Cc1c(Cl)cccc1NS(=O)(=O)c1ccc(NC(=O)COc2ccc(CN(C)S(C)(=O)=O)cc2)cc1. The van der Waals surface area contributed by atoms with Crippen LogP contribution in [0.25, 0.3) is 0 Å². The van der Waals surface area contributed by atoms with Crippen LogP contribution in [0.3, 0.4) is 0 Å². The Hall–Kier alpha value is -3.12. The highest BCUT2D eigenvalue weighted by molar-refractivity contribution is 7.92. The van der Waals surface area contributed by atoms with Gasteiger partial charge in [-0.15, -0.1) is 0 Å². The molecule has 0 atom stereocenters. The van der Waals surface area contributed by atoms with Gasteiger partial charge in [0.2, 0.25) is 10.0 Å². The summed E-state index contributed by atoms with van der Waals surface area (Å²) in [4.78, 5) is 12.3. The summed E-state index contributed by atoms with van der Waals surface area (Å²) in [6.45, 7) is 1.67. The third kappa shape index (κ3) is 7.44. The van der Waals surface area contributed by atoms with Gasteiger partial charge in [0, 0.05) is 24.3 Å². The van der Waals surface area contributed by atoms with E-state index in [1.165, 1.54) is 35.6 Å². The van der Waals surface area contributed by atoms with Crippen molar-refractivity contribution in [2.75, 3.05) is 29.9 Å². The molecule has 2 N–H and O–H groups in total. The second-order valence-corrected chi connectivity index (χ2v) is 12.2. The maximum atomic E-state index is 12.7. The standard InChI is InChI=1S/C24H26ClN3O6S2/c1-17-22(25)5-4-6-23(17)27-36(32,33)21-13-9-19(10-14-21)26-24(29)16-34-20-11-7-18(8-12-20)15-28(2)35(3,30)31/h4-14,27H,15-16H2,1-3H3,(H,26,29). The van der Waals surface area contributed by atoms with Crippen molar-refractivity contribution in [1.29, 1.82) is 0 Å².